The average Bonchev–Trinajstić information content (AvgIpc) is 2.95. The maximum absolute atomic E-state index is 11.6. The highest BCUT2D eigenvalue weighted by atomic mass is 16.6. The van der Waals surface area contributed by atoms with Crippen molar-refractivity contribution in [1.29, 1.82) is 0 Å². The van der Waals surface area contributed by atoms with Gasteiger partial charge in [0.15, 0.2) is 0 Å². The minimum absolute atomic E-state index is 0.143. The molecule has 0 spiro atoms. The first-order valence-corrected chi connectivity index (χ1v) is 5.96. The molecule has 0 aliphatic carbocycles. The summed E-state index contributed by atoms with van der Waals surface area (Å²) in [7, 11) is 0. The van der Waals surface area contributed by atoms with E-state index in [-0.39, 0.29) is 5.97 Å². The molecule has 1 heterocycles. The third-order valence-corrected chi connectivity index (χ3v) is 2.65. The Kier molecular flexibility index (Phi) is 3.20. The van der Waals surface area contributed by atoms with E-state index in [2.05, 4.69) is 17.0 Å². The van der Waals surface area contributed by atoms with Crippen LogP contribution in [0.1, 0.15) is 32.4 Å². The van der Waals surface area contributed by atoms with Gasteiger partial charge in [0.1, 0.15) is 5.60 Å². The van der Waals surface area contributed by atoms with E-state index in [1.54, 1.807) is 0 Å². The molecular weight excluding hydrogens is 214 g/mol. The molecule has 0 bridgehead atoms. The van der Waals surface area contributed by atoms with Crippen molar-refractivity contribution in [2.75, 3.05) is 13.1 Å². The number of esters is 1. The predicted molar refractivity (Wildman–Crippen MR) is 66.6 cm³/mol. The Bertz CT molecular complexity index is 394. The van der Waals surface area contributed by atoms with Crippen LogP contribution in [0.3, 0.4) is 0 Å². The molecule has 0 saturated carbocycles. The van der Waals surface area contributed by atoms with E-state index in [0.29, 0.717) is 12.6 Å². The third kappa shape index (κ3) is 3.56. The Labute approximate surface area is 102 Å². The second-order valence-electron chi connectivity index (χ2n) is 5.44. The summed E-state index contributed by atoms with van der Waals surface area (Å²) in [6, 6.07) is 10.6. The van der Waals surface area contributed by atoms with E-state index >= 15 is 0 Å². The summed E-state index contributed by atoms with van der Waals surface area (Å²) in [5.41, 5.74) is 0.881. The van der Waals surface area contributed by atoms with Gasteiger partial charge in [0.05, 0.1) is 6.54 Å². The molecule has 2 unspecified atom stereocenters. The molecule has 2 rings (SSSR count). The van der Waals surface area contributed by atoms with Crippen LogP contribution in [0.25, 0.3) is 0 Å². The first-order chi connectivity index (χ1) is 7.96. The summed E-state index contributed by atoms with van der Waals surface area (Å²) in [6.07, 6.45) is 0. The molecular formula is C14H19NO2. The molecule has 0 aromatic heterocycles. The van der Waals surface area contributed by atoms with Crippen molar-refractivity contribution in [3.63, 3.8) is 0 Å². The minimum Gasteiger partial charge on any atom is -0.459 e. The van der Waals surface area contributed by atoms with Crippen LogP contribution in [0.4, 0.5) is 0 Å². The third-order valence-electron chi connectivity index (χ3n) is 2.65. The van der Waals surface area contributed by atoms with Gasteiger partial charge in [0, 0.05) is 12.6 Å². The van der Waals surface area contributed by atoms with Crippen molar-refractivity contribution < 1.29 is 9.53 Å². The van der Waals surface area contributed by atoms with Crippen molar-refractivity contribution in [2.45, 2.75) is 32.4 Å². The van der Waals surface area contributed by atoms with Crippen LogP contribution >= 0.6 is 0 Å². The number of ether oxygens (including phenoxy) is 1. The minimum atomic E-state index is -0.394. The molecule has 1 aliphatic rings. The number of hydrogen-bond acceptors (Lipinski definition) is 3. The average molecular weight is 233 g/mol. The van der Waals surface area contributed by atoms with Crippen LogP contribution in [0.5, 0.6) is 0 Å². The van der Waals surface area contributed by atoms with E-state index in [9.17, 15) is 4.79 Å². The van der Waals surface area contributed by atoms with Gasteiger partial charge >= 0.3 is 5.97 Å². The highest BCUT2D eigenvalue weighted by Crippen LogP contribution is 2.34. The number of benzene rings is 1. The molecule has 1 saturated heterocycles. The number of carbonyl (C=O) groups is 1. The molecule has 0 radical (unpaired) electrons. The van der Waals surface area contributed by atoms with E-state index in [1.807, 2.05) is 39.0 Å². The van der Waals surface area contributed by atoms with Gasteiger partial charge in [-0.25, -0.2) is 0 Å². The lowest BCUT2D eigenvalue weighted by atomic mass is 10.2. The molecule has 3 heteroatoms. The van der Waals surface area contributed by atoms with Gasteiger partial charge in [0.25, 0.3) is 0 Å². The molecule has 1 aromatic carbocycles. The lowest BCUT2D eigenvalue weighted by Gasteiger charge is -2.19. The highest BCUT2D eigenvalue weighted by Gasteiger charge is 2.37. The molecule has 1 fully saturated rings. The second kappa shape index (κ2) is 4.49. The van der Waals surface area contributed by atoms with E-state index in [0.717, 1.165) is 6.54 Å². The summed E-state index contributed by atoms with van der Waals surface area (Å²) < 4.78 is 5.29. The van der Waals surface area contributed by atoms with E-state index < -0.39 is 5.60 Å². The second-order valence-corrected chi connectivity index (χ2v) is 5.44. The van der Waals surface area contributed by atoms with Crippen LogP contribution in [-0.2, 0) is 9.53 Å². The fourth-order valence-electron chi connectivity index (χ4n) is 1.88. The Balaban J connectivity index is 1.83. The zero-order chi connectivity index (χ0) is 12.5. The molecule has 92 valence electrons. The van der Waals surface area contributed by atoms with Crippen molar-refractivity contribution in [3.8, 4) is 0 Å². The lowest BCUT2D eigenvalue weighted by molar-refractivity contribution is -0.154. The maximum atomic E-state index is 11.6. The summed E-state index contributed by atoms with van der Waals surface area (Å²) in [5.74, 6) is -0.143. The van der Waals surface area contributed by atoms with Gasteiger partial charge in [-0.15, -0.1) is 0 Å². The number of rotatable bonds is 3. The number of nitrogens with zero attached hydrogens (tertiary/aromatic N) is 1. The van der Waals surface area contributed by atoms with Crippen LogP contribution < -0.4 is 0 Å². The summed E-state index contributed by atoms with van der Waals surface area (Å²) in [5, 5.41) is 0. The lowest BCUT2D eigenvalue weighted by Crippen LogP contribution is -2.28. The van der Waals surface area contributed by atoms with Crippen molar-refractivity contribution in [3.05, 3.63) is 35.9 Å². The van der Waals surface area contributed by atoms with Crippen LogP contribution in [0, 0.1) is 0 Å². The fraction of sp³-hybridized carbons (Fsp3) is 0.500. The Hall–Kier alpha value is -1.35. The van der Waals surface area contributed by atoms with E-state index in [4.69, 9.17) is 4.74 Å². The van der Waals surface area contributed by atoms with Crippen LogP contribution in [0.15, 0.2) is 30.3 Å². The molecule has 3 nitrogen and oxygen atoms in total. The first kappa shape index (κ1) is 12.1. The monoisotopic (exact) mass is 233 g/mol. The number of hydrogen-bond donors (Lipinski definition) is 0. The first-order valence-electron chi connectivity index (χ1n) is 5.96. The highest BCUT2D eigenvalue weighted by molar-refractivity contribution is 5.72. The number of carbonyl (C=O) groups excluding carboxylic acids is 1. The molecule has 1 aliphatic heterocycles. The van der Waals surface area contributed by atoms with E-state index in [1.165, 1.54) is 5.56 Å². The van der Waals surface area contributed by atoms with Crippen LogP contribution in [0.2, 0.25) is 0 Å². The zero-order valence-corrected chi connectivity index (χ0v) is 10.6. The Morgan fingerprint density at radius 3 is 2.59 bits per heavy atom. The summed E-state index contributed by atoms with van der Waals surface area (Å²) in [4.78, 5) is 13.7. The van der Waals surface area contributed by atoms with Crippen molar-refractivity contribution >= 4 is 5.97 Å². The molecule has 17 heavy (non-hydrogen) atoms. The topological polar surface area (TPSA) is 29.3 Å². The van der Waals surface area contributed by atoms with Gasteiger partial charge in [-0.3, -0.25) is 9.69 Å². The normalized spacial score (nSPS) is 23.2. The van der Waals surface area contributed by atoms with Gasteiger partial charge < -0.3 is 4.74 Å². The standard InChI is InChI=1S/C14H19NO2/c1-14(2,3)17-13(16)10-15-9-12(15)11-7-5-4-6-8-11/h4-8,12H,9-10H2,1-3H3. The maximum Gasteiger partial charge on any atom is 0.320 e. The van der Waals surface area contributed by atoms with Gasteiger partial charge in [-0.2, -0.15) is 0 Å². The fourth-order valence-corrected chi connectivity index (χ4v) is 1.88. The van der Waals surface area contributed by atoms with Gasteiger partial charge in [-0.1, -0.05) is 30.3 Å². The molecule has 0 amide bonds. The summed E-state index contributed by atoms with van der Waals surface area (Å²) >= 11 is 0. The van der Waals surface area contributed by atoms with Crippen molar-refractivity contribution in [2.24, 2.45) is 0 Å². The SMILES string of the molecule is CC(C)(C)OC(=O)CN1CC1c1ccccc1. The molecule has 1 aromatic rings. The van der Waals surface area contributed by atoms with Gasteiger partial charge in [0.2, 0.25) is 0 Å². The van der Waals surface area contributed by atoms with Gasteiger partial charge in [-0.05, 0) is 26.3 Å². The van der Waals surface area contributed by atoms with Crippen LogP contribution in [-0.4, -0.2) is 29.6 Å². The summed E-state index contributed by atoms with van der Waals surface area (Å²) in [6.45, 7) is 7.01. The largest absolute Gasteiger partial charge is 0.459 e. The Morgan fingerprint density at radius 2 is 2.00 bits per heavy atom. The Morgan fingerprint density at radius 1 is 1.35 bits per heavy atom. The smallest absolute Gasteiger partial charge is 0.320 e. The molecule has 2 atom stereocenters. The zero-order valence-electron chi connectivity index (χ0n) is 10.6. The predicted octanol–water partition coefficient (Wildman–Crippen LogP) is 2.39. The van der Waals surface area contributed by atoms with Crippen molar-refractivity contribution in [1.82, 2.24) is 4.90 Å². The molecule has 0 N–H and O–H groups in total. The quantitative estimate of drug-likeness (QED) is 0.593.